The van der Waals surface area contributed by atoms with Gasteiger partial charge < -0.3 is 15.4 Å². The Hall–Kier alpha value is -2.04. The van der Waals surface area contributed by atoms with Crippen molar-refractivity contribution in [1.82, 2.24) is 5.32 Å². The molecule has 1 heterocycles. The molecule has 0 saturated carbocycles. The van der Waals surface area contributed by atoms with Crippen molar-refractivity contribution in [3.05, 3.63) is 54.6 Å². The van der Waals surface area contributed by atoms with Crippen LogP contribution in [0.4, 0.5) is 5.69 Å². The number of benzene rings is 2. The quantitative estimate of drug-likeness (QED) is 0.816. The smallest absolute Gasteiger partial charge is 0.224 e. The van der Waals surface area contributed by atoms with E-state index in [1.807, 2.05) is 54.6 Å². The van der Waals surface area contributed by atoms with Gasteiger partial charge in [0.15, 0.2) is 5.75 Å². The maximum Gasteiger partial charge on any atom is 0.224 e. The first-order valence-corrected chi connectivity index (χ1v) is 8.16. The third kappa shape index (κ3) is 5.25. The number of hydrogen-bond acceptors (Lipinski definition) is 3. The largest absolute Gasteiger partial charge is 0.455 e. The summed E-state index contributed by atoms with van der Waals surface area (Å²) in [5.41, 5.74) is 0.709. The van der Waals surface area contributed by atoms with Gasteiger partial charge in [0.05, 0.1) is 5.69 Å². The lowest BCUT2D eigenvalue weighted by Gasteiger charge is -2.13. The van der Waals surface area contributed by atoms with Gasteiger partial charge in [0.1, 0.15) is 5.75 Å². The minimum absolute atomic E-state index is 0. The molecular weight excluding hydrogens is 324 g/mol. The highest BCUT2D eigenvalue weighted by molar-refractivity contribution is 5.92. The molecule has 2 aromatic rings. The lowest BCUT2D eigenvalue weighted by Crippen LogP contribution is -2.23. The first kappa shape index (κ1) is 18.3. The van der Waals surface area contributed by atoms with Crippen LogP contribution in [-0.4, -0.2) is 18.5 Å². The molecule has 24 heavy (non-hydrogen) atoms. The molecule has 1 amide bonds. The Balaban J connectivity index is 0.00000208. The average molecular weight is 347 g/mol. The maximum atomic E-state index is 12.2. The van der Waals surface area contributed by atoms with Crippen LogP contribution < -0.4 is 15.4 Å². The van der Waals surface area contributed by atoms with E-state index in [9.17, 15) is 4.79 Å². The van der Waals surface area contributed by atoms with Gasteiger partial charge in [0.25, 0.3) is 0 Å². The van der Waals surface area contributed by atoms with Crippen LogP contribution in [0, 0.1) is 0 Å². The summed E-state index contributed by atoms with van der Waals surface area (Å²) in [7, 11) is 0. The molecule has 0 bridgehead atoms. The van der Waals surface area contributed by atoms with Gasteiger partial charge in [-0.3, -0.25) is 4.79 Å². The van der Waals surface area contributed by atoms with Gasteiger partial charge in [-0.25, -0.2) is 0 Å². The van der Waals surface area contributed by atoms with Crippen molar-refractivity contribution in [3.63, 3.8) is 0 Å². The van der Waals surface area contributed by atoms with E-state index >= 15 is 0 Å². The molecule has 2 aromatic carbocycles. The van der Waals surface area contributed by atoms with E-state index in [4.69, 9.17) is 4.74 Å². The zero-order chi connectivity index (χ0) is 15.9. The average Bonchev–Trinajstić information content (AvgIpc) is 3.09. The molecule has 1 unspecified atom stereocenters. The summed E-state index contributed by atoms with van der Waals surface area (Å²) in [5, 5.41) is 6.38. The van der Waals surface area contributed by atoms with Crippen LogP contribution in [0.5, 0.6) is 11.5 Å². The highest BCUT2D eigenvalue weighted by atomic mass is 35.5. The second kappa shape index (κ2) is 9.30. The van der Waals surface area contributed by atoms with Crippen molar-refractivity contribution < 1.29 is 9.53 Å². The third-order valence-corrected chi connectivity index (χ3v) is 4.01. The van der Waals surface area contributed by atoms with E-state index in [2.05, 4.69) is 10.6 Å². The van der Waals surface area contributed by atoms with Gasteiger partial charge >= 0.3 is 0 Å². The molecule has 3 rings (SSSR count). The summed E-state index contributed by atoms with van der Waals surface area (Å²) in [5.74, 6) is 1.44. The number of ether oxygens (including phenoxy) is 1. The van der Waals surface area contributed by atoms with Crippen molar-refractivity contribution in [1.29, 1.82) is 0 Å². The standard InChI is InChI=1S/C19H22N2O2.ClH/c22-19(13-12-15-7-6-14-20-15)21-17-10-4-5-11-18(17)23-16-8-2-1-3-9-16;/h1-5,8-11,15,20H,6-7,12-14H2,(H,21,22);1H. The molecular formula is C19H23ClN2O2. The number of nitrogens with one attached hydrogen (secondary N) is 2. The molecule has 1 aliphatic rings. The van der Waals surface area contributed by atoms with E-state index < -0.39 is 0 Å². The highest BCUT2D eigenvalue weighted by Crippen LogP contribution is 2.29. The number of halogens is 1. The van der Waals surface area contributed by atoms with Crippen LogP contribution >= 0.6 is 12.4 Å². The summed E-state index contributed by atoms with van der Waals surface area (Å²) < 4.78 is 5.86. The summed E-state index contributed by atoms with van der Waals surface area (Å²) in [6.07, 6.45) is 3.78. The van der Waals surface area contributed by atoms with Crippen molar-refractivity contribution in [3.8, 4) is 11.5 Å². The molecule has 128 valence electrons. The lowest BCUT2D eigenvalue weighted by atomic mass is 10.1. The molecule has 5 heteroatoms. The van der Waals surface area contributed by atoms with Gasteiger partial charge in [-0.2, -0.15) is 0 Å². The first-order valence-electron chi connectivity index (χ1n) is 8.16. The molecule has 2 N–H and O–H groups in total. The number of anilines is 1. The molecule has 1 saturated heterocycles. The van der Waals surface area contributed by atoms with Gasteiger partial charge in [-0.15, -0.1) is 12.4 Å². The monoisotopic (exact) mass is 346 g/mol. The Morgan fingerprint density at radius 2 is 1.88 bits per heavy atom. The van der Waals surface area contributed by atoms with Crippen LogP contribution in [0.2, 0.25) is 0 Å². The zero-order valence-corrected chi connectivity index (χ0v) is 14.4. The van der Waals surface area contributed by atoms with Crippen molar-refractivity contribution in [2.75, 3.05) is 11.9 Å². The number of para-hydroxylation sites is 3. The van der Waals surface area contributed by atoms with E-state index in [-0.39, 0.29) is 18.3 Å². The molecule has 1 fully saturated rings. The number of rotatable bonds is 6. The Morgan fingerprint density at radius 1 is 1.12 bits per heavy atom. The topological polar surface area (TPSA) is 50.4 Å². The Labute approximate surface area is 149 Å². The van der Waals surface area contributed by atoms with Crippen LogP contribution in [0.1, 0.15) is 25.7 Å². The summed E-state index contributed by atoms with van der Waals surface area (Å²) in [6.45, 7) is 1.07. The van der Waals surface area contributed by atoms with E-state index in [0.29, 0.717) is 23.9 Å². The van der Waals surface area contributed by atoms with Gasteiger partial charge in [-0.05, 0) is 50.1 Å². The number of carbonyl (C=O) groups excluding carboxylic acids is 1. The van der Waals surface area contributed by atoms with E-state index in [1.54, 1.807) is 0 Å². The van der Waals surface area contributed by atoms with E-state index in [1.165, 1.54) is 12.8 Å². The molecule has 0 aromatic heterocycles. The normalized spacial score (nSPS) is 16.2. The number of amides is 1. The van der Waals surface area contributed by atoms with Gasteiger partial charge in [0.2, 0.25) is 5.91 Å². The van der Waals surface area contributed by atoms with Crippen LogP contribution in [0.15, 0.2) is 54.6 Å². The van der Waals surface area contributed by atoms with Crippen LogP contribution in [0.3, 0.4) is 0 Å². The Bertz CT molecular complexity index is 643. The number of hydrogen-bond donors (Lipinski definition) is 2. The van der Waals surface area contributed by atoms with E-state index in [0.717, 1.165) is 18.7 Å². The minimum Gasteiger partial charge on any atom is -0.455 e. The van der Waals surface area contributed by atoms with Crippen molar-refractivity contribution in [2.45, 2.75) is 31.7 Å². The second-order valence-corrected chi connectivity index (χ2v) is 5.79. The summed E-state index contributed by atoms with van der Waals surface area (Å²) in [4.78, 5) is 12.2. The highest BCUT2D eigenvalue weighted by Gasteiger charge is 2.16. The van der Waals surface area contributed by atoms with Crippen molar-refractivity contribution >= 4 is 24.0 Å². The Kier molecular flexibility index (Phi) is 7.09. The zero-order valence-electron chi connectivity index (χ0n) is 13.5. The molecule has 0 aliphatic carbocycles. The molecule has 0 radical (unpaired) electrons. The first-order chi connectivity index (χ1) is 11.3. The molecule has 1 atom stereocenters. The minimum atomic E-state index is 0. The predicted octanol–water partition coefficient (Wildman–Crippen LogP) is 4.37. The fraction of sp³-hybridized carbons (Fsp3) is 0.316. The molecule has 0 spiro atoms. The summed E-state index contributed by atoms with van der Waals surface area (Å²) >= 11 is 0. The fourth-order valence-corrected chi connectivity index (χ4v) is 2.80. The summed E-state index contributed by atoms with van der Waals surface area (Å²) in [6, 6.07) is 17.6. The van der Waals surface area contributed by atoms with Crippen LogP contribution in [-0.2, 0) is 4.79 Å². The number of carbonyl (C=O) groups is 1. The van der Waals surface area contributed by atoms with Crippen molar-refractivity contribution in [2.24, 2.45) is 0 Å². The SMILES string of the molecule is Cl.O=C(CCC1CCCN1)Nc1ccccc1Oc1ccccc1. The predicted molar refractivity (Wildman–Crippen MR) is 99.1 cm³/mol. The molecule has 4 nitrogen and oxygen atoms in total. The Morgan fingerprint density at radius 3 is 2.62 bits per heavy atom. The molecule has 1 aliphatic heterocycles. The maximum absolute atomic E-state index is 12.2. The lowest BCUT2D eigenvalue weighted by molar-refractivity contribution is -0.116. The fourth-order valence-electron chi connectivity index (χ4n) is 2.80. The van der Waals surface area contributed by atoms with Gasteiger partial charge in [-0.1, -0.05) is 30.3 Å². The second-order valence-electron chi connectivity index (χ2n) is 5.79. The van der Waals surface area contributed by atoms with Crippen LogP contribution in [0.25, 0.3) is 0 Å². The third-order valence-electron chi connectivity index (χ3n) is 4.01. The van der Waals surface area contributed by atoms with Gasteiger partial charge in [0, 0.05) is 12.5 Å².